The second kappa shape index (κ2) is 23.2. The van der Waals surface area contributed by atoms with Crippen LogP contribution >= 0.6 is 0 Å². The number of carboxylic acids is 1. The molecule has 0 fully saturated rings. The van der Waals surface area contributed by atoms with Crippen LogP contribution in [0.3, 0.4) is 0 Å². The van der Waals surface area contributed by atoms with Gasteiger partial charge in [0.2, 0.25) is 0 Å². The van der Waals surface area contributed by atoms with Gasteiger partial charge in [0.15, 0.2) is 0 Å². The van der Waals surface area contributed by atoms with Crippen LogP contribution in [0.4, 0.5) is 0 Å². The monoisotopic (exact) mass is 92.1 g/mol. The van der Waals surface area contributed by atoms with Crippen LogP contribution in [0.2, 0.25) is 0 Å². The molecule has 0 aromatic carbocycles. The van der Waals surface area contributed by atoms with Crippen LogP contribution in [0.25, 0.3) is 0 Å². The van der Waals surface area contributed by atoms with Crippen LogP contribution < -0.4 is 0 Å². The number of aliphatic carboxylic acids is 1. The van der Waals surface area contributed by atoms with Crippen molar-refractivity contribution in [3.05, 3.63) is 0 Å². The Hall–Kier alpha value is 1.86. The zero-order valence-corrected chi connectivity index (χ0v) is 2.36. The zero-order chi connectivity index (χ0) is 3.58. The van der Waals surface area contributed by atoms with E-state index in [9.17, 15) is 0 Å². The Morgan fingerprint density at radius 3 is 1.12 bits per heavy atom. The summed E-state index contributed by atoms with van der Waals surface area (Å²) < 4.78 is 0. The Morgan fingerprint density at radius 1 is 1.12 bits per heavy atom. The van der Waals surface area contributed by atoms with Crippen molar-refractivity contribution in [1.82, 2.24) is 0 Å². The molecule has 0 aliphatic heterocycles. The molecule has 1 N–H and O–H groups in total. The number of carboxylic acid groups (broad SMARTS) is 1. The van der Waals surface area contributed by atoms with Gasteiger partial charge in [0.05, 0.1) is 0 Å². The normalized spacial score (nSPS) is 3.12. The molecule has 0 bridgehead atoms. The average Bonchev–Trinajstić information content (AvgIpc) is 0.811. The van der Waals surface area contributed by atoms with Crippen molar-refractivity contribution in [1.29, 1.82) is 0 Å². The van der Waals surface area contributed by atoms with Gasteiger partial charge in [0.25, 0.3) is 5.97 Å². The van der Waals surface area contributed by atoms with Gasteiger partial charge in [-0.25, -0.2) is 0 Å². The molecule has 0 saturated carbocycles. The summed E-state index contributed by atoms with van der Waals surface area (Å²) >= 11 is 0. The van der Waals surface area contributed by atoms with Gasteiger partial charge in [-0.2, -0.15) is 0 Å². The minimum atomic E-state index is -0.833. The van der Waals surface area contributed by atoms with Crippen LogP contribution in [0.15, 0.2) is 0 Å². The molecule has 0 saturated heterocycles. The maximum atomic E-state index is 9.00. The second-order valence-electron chi connectivity index (χ2n) is 0.519. The molecule has 0 atom stereocenters. The maximum absolute atomic E-state index is 9.00. The number of rotatable bonds is 0. The molecule has 0 amide bonds. The van der Waals surface area contributed by atoms with E-state index in [2.05, 4.69) is 0 Å². The Morgan fingerprint density at radius 2 is 1.12 bits per heavy atom. The molecule has 0 aromatic rings. The summed E-state index contributed by atoms with van der Waals surface area (Å²) in [7, 11) is 0. The topological polar surface area (TPSA) is 37.3 Å². The summed E-state index contributed by atoms with van der Waals surface area (Å²) in [6.07, 6.45) is 0. The summed E-state index contributed by atoms with van der Waals surface area (Å²) in [6, 6.07) is 0. The van der Waals surface area contributed by atoms with Crippen molar-refractivity contribution >= 4 is 81.4 Å². The molecule has 32 valence electrons. The van der Waals surface area contributed by atoms with E-state index in [1.807, 2.05) is 0 Å². The van der Waals surface area contributed by atoms with E-state index >= 15 is 0 Å². The Balaban J connectivity index is -0.00000000750. The van der Waals surface area contributed by atoms with Crippen molar-refractivity contribution < 1.29 is 9.90 Å². The molecule has 0 spiro atoms. The summed E-state index contributed by atoms with van der Waals surface area (Å²) in [5.74, 6) is -0.833. The zero-order valence-electron chi connectivity index (χ0n) is 2.36. The molecule has 8 heavy (non-hydrogen) atoms. The molecule has 0 heterocycles. The molecule has 6 heteroatoms. The van der Waals surface area contributed by atoms with Crippen LogP contribution in [0.1, 0.15) is 6.92 Å². The fraction of sp³-hybridized carbons (Fsp3) is 0.500. The van der Waals surface area contributed by atoms with E-state index in [0.29, 0.717) is 0 Å². The fourth-order valence-corrected chi connectivity index (χ4v) is 0. The first-order chi connectivity index (χ1) is 1.73. The van der Waals surface area contributed by atoms with E-state index in [1.54, 1.807) is 0 Å². The van der Waals surface area contributed by atoms with E-state index in [1.165, 1.54) is 0 Å². The quantitative estimate of drug-likeness (QED) is 0.335. The number of hydrogen-bond donors (Lipinski definition) is 1. The molecule has 0 aromatic heterocycles. The predicted octanol–water partition coefficient (Wildman–Crippen LogP) is -2.50. The first kappa shape index (κ1) is 32.8. The minimum absolute atomic E-state index is 0. The van der Waals surface area contributed by atoms with Crippen LogP contribution in [-0.4, -0.2) is 86.5 Å². The van der Waals surface area contributed by atoms with Gasteiger partial charge in [-0.1, -0.05) is 0 Å². The van der Waals surface area contributed by atoms with Crippen LogP contribution in [-0.2, 0) is 4.79 Å². The molecular formula is C2H8Li4O2. The molecule has 2 nitrogen and oxygen atoms in total. The Bertz CT molecular complexity index is 35.0. The van der Waals surface area contributed by atoms with Crippen molar-refractivity contribution in [2.45, 2.75) is 6.92 Å². The third kappa shape index (κ3) is 107. The van der Waals surface area contributed by atoms with E-state index < -0.39 is 5.97 Å². The SMILES string of the molecule is CC(=O)O.[LiH].[LiH].[LiH].[LiH]. The Labute approximate surface area is 97.3 Å². The molecule has 0 radical (unpaired) electrons. The van der Waals surface area contributed by atoms with Crippen LogP contribution in [0, 0.1) is 0 Å². The van der Waals surface area contributed by atoms with Gasteiger partial charge in [-0.05, 0) is 0 Å². The van der Waals surface area contributed by atoms with Gasteiger partial charge in [0.1, 0.15) is 0 Å². The summed E-state index contributed by atoms with van der Waals surface area (Å²) in [6.45, 7) is 1.08. The third-order valence-corrected chi connectivity index (χ3v) is 0. The number of hydrogen-bond acceptors (Lipinski definition) is 1. The van der Waals surface area contributed by atoms with Gasteiger partial charge in [-0.15, -0.1) is 0 Å². The average molecular weight is 91.8 g/mol. The molecular weight excluding hydrogens is 83.8 g/mol. The second-order valence-corrected chi connectivity index (χ2v) is 0.519. The first-order valence-corrected chi connectivity index (χ1v) is 0.928. The molecule has 0 unspecified atom stereocenters. The predicted molar refractivity (Wildman–Crippen MR) is 41.9 cm³/mol. The van der Waals surface area contributed by atoms with Crippen molar-refractivity contribution in [2.75, 3.05) is 0 Å². The fourth-order valence-electron chi connectivity index (χ4n) is 0. The van der Waals surface area contributed by atoms with E-state index in [0.717, 1.165) is 6.92 Å². The summed E-state index contributed by atoms with van der Waals surface area (Å²) in [5.41, 5.74) is 0. The summed E-state index contributed by atoms with van der Waals surface area (Å²) in [5, 5.41) is 7.42. The standard InChI is InChI=1S/C2H4O2.4Li.4H/c1-2(3)4;;;;;;;;/h1H3,(H,3,4);;;;;;;;. The van der Waals surface area contributed by atoms with Crippen molar-refractivity contribution in [3.8, 4) is 0 Å². The molecule has 0 aliphatic carbocycles. The molecule has 0 rings (SSSR count). The van der Waals surface area contributed by atoms with Gasteiger partial charge in [-0.3, -0.25) is 4.79 Å². The Kier molecular flexibility index (Phi) is 94.9. The van der Waals surface area contributed by atoms with Crippen LogP contribution in [0.5, 0.6) is 0 Å². The number of carbonyl (C=O) groups is 1. The van der Waals surface area contributed by atoms with Crippen molar-refractivity contribution in [2.24, 2.45) is 0 Å². The third-order valence-electron chi connectivity index (χ3n) is 0. The molecule has 0 aliphatic rings. The van der Waals surface area contributed by atoms with Crippen molar-refractivity contribution in [3.63, 3.8) is 0 Å². The van der Waals surface area contributed by atoms with Gasteiger partial charge < -0.3 is 5.11 Å². The van der Waals surface area contributed by atoms with E-state index in [4.69, 9.17) is 9.90 Å². The first-order valence-electron chi connectivity index (χ1n) is 0.928. The van der Waals surface area contributed by atoms with Gasteiger partial charge >= 0.3 is 75.4 Å². The van der Waals surface area contributed by atoms with Gasteiger partial charge in [0, 0.05) is 6.92 Å². The van der Waals surface area contributed by atoms with E-state index in [-0.39, 0.29) is 75.4 Å². The summed E-state index contributed by atoms with van der Waals surface area (Å²) in [4.78, 5) is 9.00.